The Kier molecular flexibility index (Phi) is 6.36. The Morgan fingerprint density at radius 1 is 1.46 bits per heavy atom. The molecule has 2 rings (SSSR count). The number of amides is 2. The number of likely N-dealkylation sites (tertiary alicyclic amines) is 1. The summed E-state index contributed by atoms with van der Waals surface area (Å²) in [5, 5.41) is 13.4. The molecule has 0 unspecified atom stereocenters. The van der Waals surface area contributed by atoms with E-state index in [0.717, 1.165) is 26.1 Å². The number of nitro groups is 1. The number of hydrogen-bond donors (Lipinski definition) is 1. The first-order valence-electron chi connectivity index (χ1n) is 8.00. The largest absolute Gasteiger partial charge is 0.492 e. The number of rotatable bonds is 7. The second-order valence-corrected chi connectivity index (χ2v) is 6.13. The van der Waals surface area contributed by atoms with E-state index in [9.17, 15) is 14.9 Å². The molecule has 0 aliphatic carbocycles. The minimum Gasteiger partial charge on any atom is -0.492 e. The third-order valence-electron chi connectivity index (χ3n) is 4.06. The van der Waals surface area contributed by atoms with Crippen LogP contribution in [0.5, 0.6) is 5.75 Å². The molecule has 132 valence electrons. The summed E-state index contributed by atoms with van der Waals surface area (Å²) in [6, 6.07) is 5.75. The predicted octanol–water partition coefficient (Wildman–Crippen LogP) is 1.57. The van der Waals surface area contributed by atoms with Gasteiger partial charge in [0.1, 0.15) is 12.4 Å². The number of non-ortho nitro benzene ring substituents is 1. The van der Waals surface area contributed by atoms with Gasteiger partial charge in [-0.05, 0) is 38.1 Å². The summed E-state index contributed by atoms with van der Waals surface area (Å²) in [6.07, 6.45) is 1.12. The molecule has 8 nitrogen and oxygen atoms in total. The van der Waals surface area contributed by atoms with Crippen molar-refractivity contribution >= 4 is 11.7 Å². The molecule has 0 bridgehead atoms. The average molecular weight is 336 g/mol. The fraction of sp³-hybridized carbons (Fsp3) is 0.562. The minimum atomic E-state index is -0.456. The van der Waals surface area contributed by atoms with Gasteiger partial charge < -0.3 is 19.9 Å². The summed E-state index contributed by atoms with van der Waals surface area (Å²) in [5.74, 6) is 1.07. The number of nitro benzene ring substituents is 1. The van der Waals surface area contributed by atoms with Gasteiger partial charge >= 0.3 is 6.03 Å². The number of benzene rings is 1. The summed E-state index contributed by atoms with van der Waals surface area (Å²) in [6.45, 7) is 3.55. The lowest BCUT2D eigenvalue weighted by atomic mass is 10.1. The van der Waals surface area contributed by atoms with Crippen LogP contribution in [-0.4, -0.2) is 67.6 Å². The fourth-order valence-corrected chi connectivity index (χ4v) is 2.77. The summed E-state index contributed by atoms with van der Waals surface area (Å²) >= 11 is 0. The molecule has 0 radical (unpaired) electrons. The van der Waals surface area contributed by atoms with E-state index in [1.54, 1.807) is 24.1 Å². The van der Waals surface area contributed by atoms with Crippen LogP contribution in [0, 0.1) is 16.0 Å². The molecule has 1 fully saturated rings. The van der Waals surface area contributed by atoms with Crippen molar-refractivity contribution in [1.82, 2.24) is 15.1 Å². The predicted molar refractivity (Wildman–Crippen MR) is 90.2 cm³/mol. The number of nitrogens with zero attached hydrogens (tertiary/aromatic N) is 3. The molecule has 0 aromatic heterocycles. The monoisotopic (exact) mass is 336 g/mol. The number of carbonyl (C=O) groups is 1. The third-order valence-corrected chi connectivity index (χ3v) is 4.06. The maximum atomic E-state index is 12.0. The van der Waals surface area contributed by atoms with E-state index in [4.69, 9.17) is 4.74 Å². The Hall–Kier alpha value is -2.35. The lowest BCUT2D eigenvalue weighted by Crippen LogP contribution is -2.41. The molecule has 1 aliphatic heterocycles. The normalized spacial score (nSPS) is 17.5. The van der Waals surface area contributed by atoms with Crippen molar-refractivity contribution < 1.29 is 14.5 Å². The number of ether oxygens (including phenoxy) is 1. The molecule has 0 saturated carbocycles. The van der Waals surface area contributed by atoms with Crippen molar-refractivity contribution in [1.29, 1.82) is 0 Å². The van der Waals surface area contributed by atoms with Crippen LogP contribution in [0.15, 0.2) is 24.3 Å². The first-order valence-corrected chi connectivity index (χ1v) is 8.00. The maximum Gasteiger partial charge on any atom is 0.317 e. The molecular formula is C16H24N4O4. The number of urea groups is 1. The van der Waals surface area contributed by atoms with E-state index in [2.05, 4.69) is 17.3 Å². The Labute approximate surface area is 141 Å². The van der Waals surface area contributed by atoms with Crippen LogP contribution < -0.4 is 10.1 Å². The highest BCUT2D eigenvalue weighted by Gasteiger charge is 2.22. The molecule has 1 N–H and O–H groups in total. The first-order chi connectivity index (χ1) is 11.5. The number of nitrogens with one attached hydrogen (secondary N) is 1. The van der Waals surface area contributed by atoms with Crippen molar-refractivity contribution in [2.45, 2.75) is 6.42 Å². The topological polar surface area (TPSA) is 88.0 Å². The van der Waals surface area contributed by atoms with Crippen LogP contribution in [0.2, 0.25) is 0 Å². The van der Waals surface area contributed by atoms with Crippen molar-refractivity contribution in [3.05, 3.63) is 34.4 Å². The zero-order chi connectivity index (χ0) is 17.5. The highest BCUT2D eigenvalue weighted by Crippen LogP contribution is 2.17. The lowest BCUT2D eigenvalue weighted by molar-refractivity contribution is -0.384. The van der Waals surface area contributed by atoms with Crippen molar-refractivity contribution in [3.8, 4) is 5.75 Å². The van der Waals surface area contributed by atoms with E-state index in [1.807, 2.05) is 0 Å². The molecule has 24 heavy (non-hydrogen) atoms. The summed E-state index contributed by atoms with van der Waals surface area (Å²) < 4.78 is 5.46. The zero-order valence-electron chi connectivity index (χ0n) is 14.1. The summed E-state index contributed by atoms with van der Waals surface area (Å²) in [5.41, 5.74) is 0.0230. The number of hydrogen-bond acceptors (Lipinski definition) is 5. The molecule has 1 atom stereocenters. The van der Waals surface area contributed by atoms with Crippen LogP contribution in [0.25, 0.3) is 0 Å². The average Bonchev–Trinajstić information content (AvgIpc) is 2.96. The van der Waals surface area contributed by atoms with Crippen LogP contribution in [0.1, 0.15) is 6.42 Å². The Bertz CT molecular complexity index is 564. The molecule has 1 aliphatic rings. The van der Waals surface area contributed by atoms with Gasteiger partial charge in [-0.25, -0.2) is 4.79 Å². The molecule has 1 saturated heterocycles. The van der Waals surface area contributed by atoms with Gasteiger partial charge in [-0.15, -0.1) is 0 Å². The van der Waals surface area contributed by atoms with Crippen LogP contribution >= 0.6 is 0 Å². The van der Waals surface area contributed by atoms with E-state index < -0.39 is 4.92 Å². The third kappa shape index (κ3) is 5.38. The van der Waals surface area contributed by atoms with Crippen molar-refractivity contribution in [3.63, 3.8) is 0 Å². The summed E-state index contributed by atoms with van der Waals surface area (Å²) in [7, 11) is 3.89. The van der Waals surface area contributed by atoms with Gasteiger partial charge in [-0.1, -0.05) is 0 Å². The Morgan fingerprint density at radius 3 is 2.75 bits per heavy atom. The molecule has 1 heterocycles. The molecule has 8 heteroatoms. The fourth-order valence-electron chi connectivity index (χ4n) is 2.77. The van der Waals surface area contributed by atoms with Gasteiger partial charge in [0.15, 0.2) is 0 Å². The van der Waals surface area contributed by atoms with E-state index >= 15 is 0 Å². The SMILES string of the molecule is CN1CC[C@H](CN(C)C(=O)NCCOc2ccc([N+](=O)[O-])cc2)C1. The minimum absolute atomic E-state index is 0.0230. The van der Waals surface area contributed by atoms with E-state index in [0.29, 0.717) is 24.8 Å². The van der Waals surface area contributed by atoms with Crippen molar-refractivity contribution in [2.24, 2.45) is 5.92 Å². The zero-order valence-corrected chi connectivity index (χ0v) is 14.1. The Morgan fingerprint density at radius 2 is 2.17 bits per heavy atom. The Balaban J connectivity index is 1.64. The highest BCUT2D eigenvalue weighted by atomic mass is 16.6. The van der Waals surface area contributed by atoms with Crippen LogP contribution in [0.3, 0.4) is 0 Å². The van der Waals surface area contributed by atoms with E-state index in [-0.39, 0.29) is 11.7 Å². The molecule has 1 aromatic rings. The van der Waals surface area contributed by atoms with Crippen molar-refractivity contribution in [2.75, 3.05) is 46.9 Å². The second kappa shape index (κ2) is 8.49. The second-order valence-electron chi connectivity index (χ2n) is 6.13. The standard InChI is InChI=1S/C16H24N4O4/c1-18-9-7-13(11-18)12-19(2)16(21)17-8-10-24-15-5-3-14(4-6-15)20(22)23/h3-6,13H,7-12H2,1-2H3,(H,17,21)/t13-/m0/s1. The lowest BCUT2D eigenvalue weighted by Gasteiger charge is -2.21. The number of carbonyl (C=O) groups excluding carboxylic acids is 1. The smallest absolute Gasteiger partial charge is 0.317 e. The molecule has 2 amide bonds. The maximum absolute atomic E-state index is 12.0. The van der Waals surface area contributed by atoms with Gasteiger partial charge in [0.2, 0.25) is 0 Å². The van der Waals surface area contributed by atoms with Gasteiger partial charge in [0.25, 0.3) is 5.69 Å². The van der Waals surface area contributed by atoms with Gasteiger partial charge in [-0.2, -0.15) is 0 Å². The van der Waals surface area contributed by atoms with Gasteiger partial charge in [0, 0.05) is 32.3 Å². The van der Waals surface area contributed by atoms with Crippen LogP contribution in [0.4, 0.5) is 10.5 Å². The quantitative estimate of drug-likeness (QED) is 0.464. The first kappa shape index (κ1) is 18.0. The van der Waals surface area contributed by atoms with Gasteiger partial charge in [0.05, 0.1) is 11.5 Å². The summed E-state index contributed by atoms with van der Waals surface area (Å²) in [4.78, 5) is 26.1. The molecule has 1 aromatic carbocycles. The molecular weight excluding hydrogens is 312 g/mol. The van der Waals surface area contributed by atoms with Crippen LogP contribution in [-0.2, 0) is 0 Å². The van der Waals surface area contributed by atoms with Gasteiger partial charge in [-0.3, -0.25) is 10.1 Å². The highest BCUT2D eigenvalue weighted by molar-refractivity contribution is 5.73. The molecule has 0 spiro atoms. The van der Waals surface area contributed by atoms with E-state index in [1.165, 1.54) is 12.1 Å².